The molecule has 2 aliphatic carbocycles. The van der Waals surface area contributed by atoms with Crippen LogP contribution in [0.2, 0.25) is 0 Å². The number of hydrogen-bond acceptors (Lipinski definition) is 0. The molecule has 0 N–H and O–H groups in total. The molecule has 92 valence electrons. The monoisotopic (exact) mass is 248 g/mol. The lowest BCUT2D eigenvalue weighted by Crippen LogP contribution is -2.19. The van der Waals surface area contributed by atoms with Crippen molar-refractivity contribution in [2.24, 2.45) is 0 Å². The van der Waals surface area contributed by atoms with Gasteiger partial charge in [-0.05, 0) is 54.6 Å². The third kappa shape index (κ3) is 2.12. The Morgan fingerprint density at radius 3 is 2.65 bits per heavy atom. The van der Waals surface area contributed by atoms with Crippen LogP contribution in [0.5, 0.6) is 0 Å². The molecule has 2 saturated carbocycles. The van der Waals surface area contributed by atoms with Crippen molar-refractivity contribution < 1.29 is 0 Å². The molecule has 0 nitrogen and oxygen atoms in total. The van der Waals surface area contributed by atoms with Crippen molar-refractivity contribution in [3.63, 3.8) is 0 Å². The summed E-state index contributed by atoms with van der Waals surface area (Å²) in [6.07, 6.45) is 7.75. The predicted molar refractivity (Wildman–Crippen MR) is 73.9 cm³/mol. The van der Waals surface area contributed by atoms with Gasteiger partial charge in [0, 0.05) is 5.38 Å². The smallest absolute Gasteiger partial charge is 0.0344 e. The normalized spacial score (nSPS) is 33.6. The first kappa shape index (κ1) is 11.6. The lowest BCUT2D eigenvalue weighted by Gasteiger charge is -2.29. The standard InChI is InChI=1S/C16H21Cl/c1-16(9-8-15(17)11-16)14-7-3-6-13(10-14)12-4-2-5-12/h3,6-7,10,12,15H,2,4-5,8-9,11H2,1H3. The van der Waals surface area contributed by atoms with Crippen LogP contribution < -0.4 is 0 Å². The summed E-state index contributed by atoms with van der Waals surface area (Å²) in [5.74, 6) is 0.840. The molecule has 0 aromatic heterocycles. The number of alkyl halides is 1. The Balaban J connectivity index is 1.87. The summed E-state index contributed by atoms with van der Waals surface area (Å²) in [5.41, 5.74) is 3.41. The quantitative estimate of drug-likeness (QED) is 0.646. The molecule has 2 unspecified atom stereocenters. The highest BCUT2D eigenvalue weighted by atomic mass is 35.5. The Hall–Kier alpha value is -0.490. The molecule has 0 amide bonds. The average Bonchev–Trinajstić information content (AvgIpc) is 2.58. The van der Waals surface area contributed by atoms with Crippen LogP contribution in [0, 0.1) is 0 Å². The first-order valence-corrected chi connectivity index (χ1v) is 7.35. The van der Waals surface area contributed by atoms with Crippen molar-refractivity contribution in [1.82, 2.24) is 0 Å². The number of benzene rings is 1. The number of halogens is 1. The fourth-order valence-corrected chi connectivity index (χ4v) is 3.79. The Labute approximate surface area is 109 Å². The van der Waals surface area contributed by atoms with Crippen LogP contribution in [0.25, 0.3) is 0 Å². The van der Waals surface area contributed by atoms with Gasteiger partial charge in [-0.3, -0.25) is 0 Å². The molecular formula is C16H21Cl. The molecule has 0 radical (unpaired) electrons. The second-order valence-electron chi connectivity index (χ2n) is 6.15. The Morgan fingerprint density at radius 2 is 2.06 bits per heavy atom. The van der Waals surface area contributed by atoms with E-state index in [1.165, 1.54) is 37.7 Å². The van der Waals surface area contributed by atoms with Gasteiger partial charge in [0.25, 0.3) is 0 Å². The average molecular weight is 249 g/mol. The summed E-state index contributed by atoms with van der Waals surface area (Å²) in [6.45, 7) is 2.38. The molecule has 1 aromatic carbocycles. The summed E-state index contributed by atoms with van der Waals surface area (Å²) in [5, 5.41) is 0.382. The van der Waals surface area contributed by atoms with Crippen LogP contribution in [0.4, 0.5) is 0 Å². The molecule has 0 heterocycles. The Kier molecular flexibility index (Phi) is 2.94. The third-order valence-corrected chi connectivity index (χ3v) is 5.21. The second kappa shape index (κ2) is 4.31. The van der Waals surface area contributed by atoms with Crippen molar-refractivity contribution in [2.45, 2.75) is 62.2 Å². The highest BCUT2D eigenvalue weighted by Gasteiger charge is 2.36. The van der Waals surface area contributed by atoms with E-state index in [9.17, 15) is 0 Å². The van der Waals surface area contributed by atoms with Crippen LogP contribution in [0.1, 0.15) is 62.5 Å². The third-order valence-electron chi connectivity index (χ3n) is 4.84. The molecule has 3 rings (SSSR count). The van der Waals surface area contributed by atoms with Crippen LogP contribution >= 0.6 is 11.6 Å². The van der Waals surface area contributed by atoms with E-state index in [4.69, 9.17) is 11.6 Å². The summed E-state index contributed by atoms with van der Waals surface area (Å²) in [6, 6.07) is 9.31. The molecule has 0 saturated heterocycles. The van der Waals surface area contributed by atoms with Crippen molar-refractivity contribution >= 4 is 11.6 Å². The molecule has 2 fully saturated rings. The molecule has 0 aliphatic heterocycles. The van der Waals surface area contributed by atoms with Crippen molar-refractivity contribution in [1.29, 1.82) is 0 Å². The van der Waals surface area contributed by atoms with Crippen LogP contribution in [-0.4, -0.2) is 5.38 Å². The molecule has 2 atom stereocenters. The van der Waals surface area contributed by atoms with Crippen LogP contribution in [-0.2, 0) is 5.41 Å². The van der Waals surface area contributed by atoms with E-state index in [0.717, 1.165) is 12.3 Å². The highest BCUT2D eigenvalue weighted by molar-refractivity contribution is 6.20. The minimum absolute atomic E-state index is 0.326. The molecule has 1 heteroatoms. The minimum Gasteiger partial charge on any atom is -0.123 e. The summed E-state index contributed by atoms with van der Waals surface area (Å²) in [4.78, 5) is 0. The number of hydrogen-bond donors (Lipinski definition) is 0. The fourth-order valence-electron chi connectivity index (χ4n) is 3.34. The van der Waals surface area contributed by atoms with Gasteiger partial charge >= 0.3 is 0 Å². The van der Waals surface area contributed by atoms with Gasteiger partial charge in [-0.15, -0.1) is 11.6 Å². The Bertz CT molecular complexity index is 408. The topological polar surface area (TPSA) is 0 Å². The summed E-state index contributed by atoms with van der Waals surface area (Å²) >= 11 is 6.29. The van der Waals surface area contributed by atoms with E-state index in [1.54, 1.807) is 5.56 Å². The van der Waals surface area contributed by atoms with Gasteiger partial charge < -0.3 is 0 Å². The first-order valence-electron chi connectivity index (χ1n) is 6.92. The number of rotatable bonds is 2. The lowest BCUT2D eigenvalue weighted by molar-refractivity contribution is 0.417. The van der Waals surface area contributed by atoms with Crippen LogP contribution in [0.3, 0.4) is 0 Å². The molecule has 2 aliphatic rings. The van der Waals surface area contributed by atoms with Crippen molar-refractivity contribution in [3.8, 4) is 0 Å². The zero-order valence-corrected chi connectivity index (χ0v) is 11.3. The second-order valence-corrected chi connectivity index (χ2v) is 6.77. The maximum absolute atomic E-state index is 6.29. The highest BCUT2D eigenvalue weighted by Crippen LogP contribution is 2.44. The van der Waals surface area contributed by atoms with Gasteiger partial charge in [0.05, 0.1) is 0 Å². The zero-order valence-electron chi connectivity index (χ0n) is 10.6. The van der Waals surface area contributed by atoms with E-state index < -0.39 is 0 Å². The molecule has 17 heavy (non-hydrogen) atoms. The lowest BCUT2D eigenvalue weighted by atomic mass is 9.76. The Morgan fingerprint density at radius 1 is 1.24 bits per heavy atom. The van der Waals surface area contributed by atoms with E-state index >= 15 is 0 Å². The molecule has 0 bridgehead atoms. The summed E-state index contributed by atoms with van der Waals surface area (Å²) < 4.78 is 0. The van der Waals surface area contributed by atoms with Crippen LogP contribution in [0.15, 0.2) is 24.3 Å². The van der Waals surface area contributed by atoms with Gasteiger partial charge in [-0.25, -0.2) is 0 Å². The van der Waals surface area contributed by atoms with Gasteiger partial charge in [-0.2, -0.15) is 0 Å². The predicted octanol–water partition coefficient (Wildman–Crippen LogP) is 5.00. The van der Waals surface area contributed by atoms with Gasteiger partial charge in [-0.1, -0.05) is 37.6 Å². The zero-order chi connectivity index (χ0) is 11.9. The van der Waals surface area contributed by atoms with Gasteiger partial charge in [0.2, 0.25) is 0 Å². The fraction of sp³-hybridized carbons (Fsp3) is 0.625. The summed E-state index contributed by atoms with van der Waals surface area (Å²) in [7, 11) is 0. The van der Waals surface area contributed by atoms with Gasteiger partial charge in [0.1, 0.15) is 0 Å². The van der Waals surface area contributed by atoms with E-state index in [-0.39, 0.29) is 0 Å². The molecule has 1 aromatic rings. The van der Waals surface area contributed by atoms with Crippen molar-refractivity contribution in [3.05, 3.63) is 35.4 Å². The minimum atomic E-state index is 0.326. The first-order chi connectivity index (χ1) is 8.17. The van der Waals surface area contributed by atoms with Crippen molar-refractivity contribution in [2.75, 3.05) is 0 Å². The van der Waals surface area contributed by atoms with E-state index in [1.807, 2.05) is 0 Å². The van der Waals surface area contributed by atoms with E-state index in [2.05, 4.69) is 31.2 Å². The molecular weight excluding hydrogens is 228 g/mol. The van der Waals surface area contributed by atoms with Gasteiger partial charge in [0.15, 0.2) is 0 Å². The maximum Gasteiger partial charge on any atom is 0.0344 e. The largest absolute Gasteiger partial charge is 0.123 e. The maximum atomic E-state index is 6.29. The van der Waals surface area contributed by atoms with E-state index in [0.29, 0.717) is 10.8 Å². The SMILES string of the molecule is CC1(c2cccc(C3CCC3)c2)CCC(Cl)C1. The molecule has 0 spiro atoms.